The summed E-state index contributed by atoms with van der Waals surface area (Å²) in [7, 11) is 3.22. The second kappa shape index (κ2) is 6.51. The van der Waals surface area contributed by atoms with Crippen LogP contribution in [0.1, 0.15) is 12.0 Å². The molecule has 2 aliphatic rings. The highest BCUT2D eigenvalue weighted by atomic mass is 16.5. The number of likely N-dealkylation sites (tertiary alicyclic amines) is 1. The first-order chi connectivity index (χ1) is 11.5. The molecule has 0 aromatic heterocycles. The van der Waals surface area contributed by atoms with Crippen molar-refractivity contribution in [3.8, 4) is 11.5 Å². The zero-order chi connectivity index (χ0) is 17.2. The zero-order valence-electron chi connectivity index (χ0n) is 14.0. The van der Waals surface area contributed by atoms with Crippen molar-refractivity contribution >= 4 is 11.7 Å². The highest BCUT2D eigenvalue weighted by Gasteiger charge is 2.40. The Morgan fingerprint density at radius 3 is 2.46 bits per heavy atom. The van der Waals surface area contributed by atoms with E-state index in [2.05, 4.69) is 0 Å². The fourth-order valence-corrected chi connectivity index (χ4v) is 3.23. The first-order valence-corrected chi connectivity index (χ1v) is 7.96. The number of hydrogen-bond donors (Lipinski definition) is 0. The molecule has 1 aliphatic carbocycles. The van der Waals surface area contributed by atoms with Gasteiger partial charge in [0.1, 0.15) is 0 Å². The van der Waals surface area contributed by atoms with Gasteiger partial charge in [-0.1, -0.05) is 18.2 Å². The number of nitrogens with zero attached hydrogens (tertiary/aromatic N) is 1. The molecule has 0 bridgehead atoms. The van der Waals surface area contributed by atoms with Gasteiger partial charge in [0.05, 0.1) is 14.2 Å². The van der Waals surface area contributed by atoms with Crippen molar-refractivity contribution in [1.82, 2.24) is 4.90 Å². The number of allylic oxidation sites excluding steroid dienone is 2. The monoisotopic (exact) mass is 327 g/mol. The van der Waals surface area contributed by atoms with Crippen LogP contribution < -0.4 is 9.47 Å². The van der Waals surface area contributed by atoms with Gasteiger partial charge in [-0.15, -0.1) is 0 Å². The summed E-state index contributed by atoms with van der Waals surface area (Å²) in [6.07, 6.45) is 8.03. The second-order valence-corrected chi connectivity index (χ2v) is 6.23. The summed E-state index contributed by atoms with van der Waals surface area (Å²) in [6, 6.07) is 5.80. The van der Waals surface area contributed by atoms with E-state index < -0.39 is 0 Å². The summed E-state index contributed by atoms with van der Waals surface area (Å²) in [4.78, 5) is 25.5. The van der Waals surface area contributed by atoms with E-state index in [0.29, 0.717) is 31.0 Å². The maximum atomic E-state index is 12.3. The molecule has 1 saturated heterocycles. The molecule has 0 saturated carbocycles. The fraction of sp³-hybridized carbons (Fsp3) is 0.368. The number of ketones is 1. The van der Waals surface area contributed by atoms with Crippen LogP contribution >= 0.6 is 0 Å². The van der Waals surface area contributed by atoms with Crippen molar-refractivity contribution in [2.45, 2.75) is 12.8 Å². The van der Waals surface area contributed by atoms with Crippen molar-refractivity contribution in [3.05, 3.63) is 48.1 Å². The van der Waals surface area contributed by atoms with Gasteiger partial charge >= 0.3 is 0 Å². The minimum atomic E-state index is -0.317. The van der Waals surface area contributed by atoms with Crippen molar-refractivity contribution in [3.63, 3.8) is 0 Å². The SMILES string of the molecule is COc1ccc(CCN2CC3(C=CC(=O)C=C3)CC2=O)cc1OC. The minimum Gasteiger partial charge on any atom is -0.493 e. The molecule has 1 aromatic rings. The van der Waals surface area contributed by atoms with Crippen molar-refractivity contribution in [2.75, 3.05) is 27.3 Å². The Hall–Kier alpha value is -2.56. The van der Waals surface area contributed by atoms with Gasteiger partial charge in [-0.05, 0) is 36.3 Å². The Balaban J connectivity index is 1.65. The van der Waals surface area contributed by atoms with Crippen molar-refractivity contribution in [2.24, 2.45) is 5.41 Å². The molecule has 24 heavy (non-hydrogen) atoms. The van der Waals surface area contributed by atoms with E-state index in [1.54, 1.807) is 26.4 Å². The topological polar surface area (TPSA) is 55.8 Å². The fourth-order valence-electron chi connectivity index (χ4n) is 3.23. The largest absolute Gasteiger partial charge is 0.493 e. The van der Waals surface area contributed by atoms with Gasteiger partial charge in [0.25, 0.3) is 0 Å². The number of hydrogen-bond acceptors (Lipinski definition) is 4. The second-order valence-electron chi connectivity index (χ2n) is 6.23. The molecule has 1 amide bonds. The van der Waals surface area contributed by atoms with Crippen LogP contribution in [0.15, 0.2) is 42.5 Å². The molecular formula is C19H21NO4. The van der Waals surface area contributed by atoms with E-state index in [0.717, 1.165) is 12.0 Å². The Kier molecular flexibility index (Phi) is 4.42. The Bertz CT molecular complexity index is 704. The van der Waals surface area contributed by atoms with Gasteiger partial charge in [0.2, 0.25) is 5.91 Å². The summed E-state index contributed by atoms with van der Waals surface area (Å²) >= 11 is 0. The highest BCUT2D eigenvalue weighted by molar-refractivity contribution is 6.00. The van der Waals surface area contributed by atoms with E-state index in [4.69, 9.17) is 9.47 Å². The van der Waals surface area contributed by atoms with Crippen LogP contribution in [0.2, 0.25) is 0 Å². The van der Waals surface area contributed by atoms with Crippen LogP contribution in [0.5, 0.6) is 11.5 Å². The number of rotatable bonds is 5. The predicted octanol–water partition coefficient (Wildman–Crippen LogP) is 2.16. The zero-order valence-corrected chi connectivity index (χ0v) is 14.0. The maximum Gasteiger partial charge on any atom is 0.223 e. The smallest absolute Gasteiger partial charge is 0.223 e. The maximum absolute atomic E-state index is 12.3. The van der Waals surface area contributed by atoms with Gasteiger partial charge in [-0.3, -0.25) is 9.59 Å². The number of ether oxygens (including phenoxy) is 2. The average Bonchev–Trinajstić information content (AvgIpc) is 2.91. The van der Waals surface area contributed by atoms with Crippen LogP contribution in [-0.4, -0.2) is 43.9 Å². The molecule has 1 heterocycles. The number of methoxy groups -OCH3 is 2. The van der Waals surface area contributed by atoms with E-state index >= 15 is 0 Å². The third kappa shape index (κ3) is 3.20. The summed E-state index contributed by atoms with van der Waals surface area (Å²) < 4.78 is 10.6. The minimum absolute atomic E-state index is 0.0168. The number of carbonyl (C=O) groups is 2. The Labute approximate surface area is 141 Å². The van der Waals surface area contributed by atoms with Gasteiger partial charge in [-0.2, -0.15) is 0 Å². The van der Waals surface area contributed by atoms with Gasteiger partial charge in [0.15, 0.2) is 17.3 Å². The first-order valence-electron chi connectivity index (χ1n) is 7.96. The highest BCUT2D eigenvalue weighted by Crippen LogP contribution is 2.36. The lowest BCUT2D eigenvalue weighted by Gasteiger charge is -2.23. The molecule has 1 aliphatic heterocycles. The summed E-state index contributed by atoms with van der Waals surface area (Å²) in [5, 5.41) is 0. The summed E-state index contributed by atoms with van der Waals surface area (Å²) in [5.74, 6) is 1.49. The molecule has 1 spiro atoms. The third-order valence-corrected chi connectivity index (χ3v) is 4.60. The molecule has 5 nitrogen and oxygen atoms in total. The molecule has 126 valence electrons. The standard InChI is InChI=1S/C19H21NO4/c1-23-16-4-3-14(11-17(16)24-2)7-10-20-13-19(12-18(20)22)8-5-15(21)6-9-19/h3-6,8-9,11H,7,10,12-13H2,1-2H3. The van der Waals surface area contributed by atoms with Crippen molar-refractivity contribution < 1.29 is 19.1 Å². The van der Waals surface area contributed by atoms with Crippen LogP contribution in [0.3, 0.4) is 0 Å². The molecule has 0 unspecified atom stereocenters. The normalized spacial score (nSPS) is 18.5. The molecular weight excluding hydrogens is 306 g/mol. The lowest BCUT2D eigenvalue weighted by molar-refractivity contribution is -0.127. The number of amides is 1. The molecule has 5 heteroatoms. The predicted molar refractivity (Wildman–Crippen MR) is 90.2 cm³/mol. The van der Waals surface area contributed by atoms with Crippen LogP contribution in [0.4, 0.5) is 0 Å². The quantitative estimate of drug-likeness (QED) is 0.832. The lowest BCUT2D eigenvalue weighted by atomic mass is 9.83. The van der Waals surface area contributed by atoms with Gasteiger partial charge < -0.3 is 14.4 Å². The Morgan fingerprint density at radius 2 is 1.79 bits per heavy atom. The van der Waals surface area contributed by atoms with E-state index in [1.165, 1.54) is 0 Å². The molecule has 0 atom stereocenters. The molecule has 0 radical (unpaired) electrons. The molecule has 1 aromatic carbocycles. The number of benzene rings is 1. The molecule has 0 N–H and O–H groups in total. The summed E-state index contributed by atoms with van der Waals surface area (Å²) in [6.45, 7) is 1.27. The van der Waals surface area contributed by atoms with E-state index in [1.807, 2.05) is 35.3 Å². The van der Waals surface area contributed by atoms with Crippen LogP contribution in [0.25, 0.3) is 0 Å². The van der Waals surface area contributed by atoms with Gasteiger partial charge in [0, 0.05) is 24.9 Å². The molecule has 1 fully saturated rings. The van der Waals surface area contributed by atoms with Crippen LogP contribution in [0, 0.1) is 5.41 Å². The Morgan fingerprint density at radius 1 is 1.08 bits per heavy atom. The summed E-state index contributed by atoms with van der Waals surface area (Å²) in [5.41, 5.74) is 0.772. The van der Waals surface area contributed by atoms with Gasteiger partial charge in [-0.25, -0.2) is 0 Å². The third-order valence-electron chi connectivity index (χ3n) is 4.60. The van der Waals surface area contributed by atoms with Crippen LogP contribution in [-0.2, 0) is 16.0 Å². The lowest BCUT2D eigenvalue weighted by Crippen LogP contribution is -2.29. The van der Waals surface area contributed by atoms with Crippen molar-refractivity contribution in [1.29, 1.82) is 0 Å². The number of carbonyl (C=O) groups excluding carboxylic acids is 2. The first kappa shape index (κ1) is 16.3. The van der Waals surface area contributed by atoms with E-state index in [9.17, 15) is 9.59 Å². The van der Waals surface area contributed by atoms with E-state index in [-0.39, 0.29) is 17.1 Å². The average molecular weight is 327 g/mol. The molecule has 3 rings (SSSR count).